The molecule has 0 aliphatic rings. The van der Waals surface area contributed by atoms with Gasteiger partial charge in [0.1, 0.15) is 11.6 Å². The predicted molar refractivity (Wildman–Crippen MR) is 62.5 cm³/mol. The summed E-state index contributed by atoms with van der Waals surface area (Å²) in [6, 6.07) is 11.5. The van der Waals surface area contributed by atoms with Crippen molar-refractivity contribution in [1.29, 1.82) is 0 Å². The topological polar surface area (TPSA) is 49.3 Å². The van der Waals surface area contributed by atoms with Gasteiger partial charge in [0.25, 0.3) is 5.91 Å². The Balaban J connectivity index is 2.14. The molecule has 0 atom stereocenters. The number of aromatic hydroxyl groups is 1. The van der Waals surface area contributed by atoms with Crippen LogP contribution in [0.4, 0.5) is 10.1 Å². The Hall–Kier alpha value is -2.36. The molecule has 0 heterocycles. The highest BCUT2D eigenvalue weighted by Gasteiger charge is 2.06. The van der Waals surface area contributed by atoms with Crippen molar-refractivity contribution >= 4 is 11.6 Å². The van der Waals surface area contributed by atoms with Gasteiger partial charge in [0, 0.05) is 11.3 Å². The quantitative estimate of drug-likeness (QED) is 0.834. The molecule has 0 aliphatic heterocycles. The Morgan fingerprint density at radius 3 is 2.47 bits per heavy atom. The van der Waals surface area contributed by atoms with Crippen LogP contribution in [-0.4, -0.2) is 11.0 Å². The van der Waals surface area contributed by atoms with Crippen LogP contribution in [0, 0.1) is 5.82 Å². The normalized spacial score (nSPS) is 9.94. The molecular formula is C13H10FNO2. The summed E-state index contributed by atoms with van der Waals surface area (Å²) >= 11 is 0. The first-order chi connectivity index (χ1) is 8.15. The van der Waals surface area contributed by atoms with Gasteiger partial charge < -0.3 is 10.4 Å². The molecule has 2 aromatic rings. The van der Waals surface area contributed by atoms with Crippen molar-refractivity contribution < 1.29 is 14.3 Å². The van der Waals surface area contributed by atoms with Gasteiger partial charge in [-0.25, -0.2) is 4.39 Å². The number of phenolic OH excluding ortho intramolecular Hbond substituents is 1. The third-order valence-electron chi connectivity index (χ3n) is 2.21. The summed E-state index contributed by atoms with van der Waals surface area (Å²) in [4.78, 5) is 11.7. The van der Waals surface area contributed by atoms with Crippen LogP contribution in [0.15, 0.2) is 48.5 Å². The second-order valence-electron chi connectivity index (χ2n) is 3.51. The number of rotatable bonds is 2. The number of carbonyl (C=O) groups excluding carboxylic acids is 1. The van der Waals surface area contributed by atoms with Crippen LogP contribution in [0.5, 0.6) is 5.75 Å². The summed E-state index contributed by atoms with van der Waals surface area (Å²) < 4.78 is 12.9. The van der Waals surface area contributed by atoms with E-state index in [1.54, 1.807) is 6.07 Å². The SMILES string of the molecule is O=C(Nc1cccc(F)c1)c1ccc(O)cc1. The zero-order chi connectivity index (χ0) is 12.3. The zero-order valence-electron chi connectivity index (χ0n) is 8.85. The standard InChI is InChI=1S/C13H10FNO2/c14-10-2-1-3-11(8-10)15-13(17)9-4-6-12(16)7-5-9/h1-8,16H,(H,15,17). The third-order valence-corrected chi connectivity index (χ3v) is 2.21. The van der Waals surface area contributed by atoms with Crippen LogP contribution in [-0.2, 0) is 0 Å². The van der Waals surface area contributed by atoms with E-state index in [4.69, 9.17) is 5.11 Å². The maximum Gasteiger partial charge on any atom is 0.255 e. The number of benzene rings is 2. The van der Waals surface area contributed by atoms with Crippen molar-refractivity contribution in [3.05, 3.63) is 59.9 Å². The van der Waals surface area contributed by atoms with E-state index in [1.165, 1.54) is 42.5 Å². The van der Waals surface area contributed by atoms with Crippen molar-refractivity contribution in [1.82, 2.24) is 0 Å². The van der Waals surface area contributed by atoms with Crippen molar-refractivity contribution in [2.45, 2.75) is 0 Å². The average molecular weight is 231 g/mol. The van der Waals surface area contributed by atoms with Crippen LogP contribution in [0.3, 0.4) is 0 Å². The lowest BCUT2D eigenvalue weighted by Crippen LogP contribution is -2.11. The maximum atomic E-state index is 12.9. The fourth-order valence-corrected chi connectivity index (χ4v) is 1.38. The lowest BCUT2D eigenvalue weighted by atomic mass is 10.2. The zero-order valence-corrected chi connectivity index (χ0v) is 8.85. The lowest BCUT2D eigenvalue weighted by molar-refractivity contribution is 0.102. The van der Waals surface area contributed by atoms with Crippen LogP contribution in [0.1, 0.15) is 10.4 Å². The number of phenols is 1. The minimum atomic E-state index is -0.409. The van der Waals surface area contributed by atoms with Crippen molar-refractivity contribution in [3.63, 3.8) is 0 Å². The minimum Gasteiger partial charge on any atom is -0.508 e. The van der Waals surface area contributed by atoms with E-state index in [0.29, 0.717) is 11.3 Å². The van der Waals surface area contributed by atoms with Gasteiger partial charge in [-0.3, -0.25) is 4.79 Å². The highest BCUT2D eigenvalue weighted by molar-refractivity contribution is 6.04. The second kappa shape index (κ2) is 4.65. The first kappa shape index (κ1) is 11.1. The van der Waals surface area contributed by atoms with Gasteiger partial charge in [-0.15, -0.1) is 0 Å². The Morgan fingerprint density at radius 1 is 1.12 bits per heavy atom. The largest absolute Gasteiger partial charge is 0.508 e. The van der Waals surface area contributed by atoms with Gasteiger partial charge in [0.05, 0.1) is 0 Å². The molecule has 0 saturated carbocycles. The molecule has 0 unspecified atom stereocenters. The fraction of sp³-hybridized carbons (Fsp3) is 0. The molecular weight excluding hydrogens is 221 g/mol. The highest BCUT2D eigenvalue weighted by atomic mass is 19.1. The van der Waals surface area contributed by atoms with Gasteiger partial charge in [-0.1, -0.05) is 6.07 Å². The summed E-state index contributed by atoms with van der Waals surface area (Å²) in [5, 5.41) is 11.6. The molecule has 0 radical (unpaired) electrons. The average Bonchev–Trinajstić information content (AvgIpc) is 2.29. The number of carbonyl (C=O) groups is 1. The molecule has 4 heteroatoms. The molecule has 1 amide bonds. The van der Waals surface area contributed by atoms with Crippen LogP contribution < -0.4 is 5.32 Å². The Bertz CT molecular complexity index is 537. The Morgan fingerprint density at radius 2 is 1.82 bits per heavy atom. The van der Waals surface area contributed by atoms with Crippen LogP contribution in [0.25, 0.3) is 0 Å². The molecule has 0 spiro atoms. The summed E-state index contributed by atoms with van der Waals surface area (Å²) in [6.45, 7) is 0. The van der Waals surface area contributed by atoms with E-state index in [9.17, 15) is 9.18 Å². The third kappa shape index (κ3) is 2.81. The van der Waals surface area contributed by atoms with Gasteiger partial charge in [0.15, 0.2) is 0 Å². The molecule has 0 aliphatic carbocycles. The lowest BCUT2D eigenvalue weighted by Gasteiger charge is -2.05. The molecule has 2 N–H and O–H groups in total. The number of hydrogen-bond acceptors (Lipinski definition) is 2. The highest BCUT2D eigenvalue weighted by Crippen LogP contribution is 2.13. The molecule has 17 heavy (non-hydrogen) atoms. The van der Waals surface area contributed by atoms with E-state index in [1.807, 2.05) is 0 Å². The number of amides is 1. The number of anilines is 1. The van der Waals surface area contributed by atoms with Crippen molar-refractivity contribution in [3.8, 4) is 5.75 Å². The van der Waals surface area contributed by atoms with E-state index < -0.39 is 5.82 Å². The van der Waals surface area contributed by atoms with Crippen molar-refractivity contribution in [2.24, 2.45) is 0 Å². The van der Waals surface area contributed by atoms with Crippen molar-refractivity contribution in [2.75, 3.05) is 5.32 Å². The molecule has 0 bridgehead atoms. The van der Waals surface area contributed by atoms with E-state index in [2.05, 4.69) is 5.32 Å². The first-order valence-corrected chi connectivity index (χ1v) is 5.01. The summed E-state index contributed by atoms with van der Waals surface area (Å²) in [5.41, 5.74) is 0.787. The van der Waals surface area contributed by atoms with Gasteiger partial charge in [0.2, 0.25) is 0 Å². The predicted octanol–water partition coefficient (Wildman–Crippen LogP) is 2.78. The smallest absolute Gasteiger partial charge is 0.255 e. The molecule has 2 aromatic carbocycles. The van der Waals surface area contributed by atoms with Gasteiger partial charge in [-0.2, -0.15) is 0 Å². The fourth-order valence-electron chi connectivity index (χ4n) is 1.38. The summed E-state index contributed by atoms with van der Waals surface area (Å²) in [5.74, 6) is -0.670. The molecule has 3 nitrogen and oxygen atoms in total. The number of nitrogens with one attached hydrogen (secondary N) is 1. The van der Waals surface area contributed by atoms with E-state index >= 15 is 0 Å². The molecule has 0 aromatic heterocycles. The molecule has 0 saturated heterocycles. The maximum absolute atomic E-state index is 12.9. The molecule has 86 valence electrons. The molecule has 2 rings (SSSR count). The van der Waals surface area contributed by atoms with Crippen LogP contribution in [0.2, 0.25) is 0 Å². The van der Waals surface area contributed by atoms with Gasteiger partial charge in [-0.05, 0) is 42.5 Å². The molecule has 0 fully saturated rings. The van der Waals surface area contributed by atoms with Crippen LogP contribution >= 0.6 is 0 Å². The van der Waals surface area contributed by atoms with E-state index in [-0.39, 0.29) is 11.7 Å². The monoisotopic (exact) mass is 231 g/mol. The van der Waals surface area contributed by atoms with E-state index in [0.717, 1.165) is 0 Å². The Kier molecular flexibility index (Phi) is 3.05. The first-order valence-electron chi connectivity index (χ1n) is 5.01. The summed E-state index contributed by atoms with van der Waals surface area (Å²) in [6.07, 6.45) is 0. The summed E-state index contributed by atoms with van der Waals surface area (Å²) in [7, 11) is 0. The minimum absolute atomic E-state index is 0.0901. The number of halogens is 1. The Labute approximate surface area is 97.5 Å². The number of hydrogen-bond donors (Lipinski definition) is 2. The second-order valence-corrected chi connectivity index (χ2v) is 3.51. The van der Waals surface area contributed by atoms with Gasteiger partial charge >= 0.3 is 0 Å².